The first-order valence-corrected chi connectivity index (χ1v) is 2.98. The molecule has 8 heavy (non-hydrogen) atoms. The summed E-state index contributed by atoms with van der Waals surface area (Å²) in [5.74, 6) is 0. The minimum Gasteiger partial charge on any atom is -0.393 e. The number of halogens is 1. The van der Waals surface area contributed by atoms with E-state index in [1.54, 1.807) is 13.8 Å². The molecule has 0 amide bonds. The van der Waals surface area contributed by atoms with E-state index in [0.717, 1.165) is 0 Å². The summed E-state index contributed by atoms with van der Waals surface area (Å²) in [5.41, 5.74) is -1.32. The van der Waals surface area contributed by atoms with Gasteiger partial charge < -0.3 is 5.11 Å². The van der Waals surface area contributed by atoms with Gasteiger partial charge in [0.15, 0.2) is 0 Å². The second-order valence-electron chi connectivity index (χ2n) is 2.02. The van der Waals surface area contributed by atoms with Crippen LogP contribution in [0, 0.1) is 0 Å². The number of rotatable bonds is 3. The zero-order chi connectivity index (χ0) is 6.62. The van der Waals surface area contributed by atoms with Crippen LogP contribution in [-0.4, -0.2) is 17.4 Å². The molecular weight excluding hydrogens is 107 g/mol. The Balaban J connectivity index is 3.58. The Bertz CT molecular complexity index is 51.3. The lowest BCUT2D eigenvalue weighted by molar-refractivity contribution is 0.0636. The number of aliphatic hydroxyl groups excluding tert-OH is 1. The summed E-state index contributed by atoms with van der Waals surface area (Å²) < 4.78 is 12.7. The van der Waals surface area contributed by atoms with Crippen molar-refractivity contribution in [1.82, 2.24) is 0 Å². The average molecular weight is 120 g/mol. The van der Waals surface area contributed by atoms with Crippen molar-refractivity contribution in [3.63, 3.8) is 0 Å². The molecule has 0 fully saturated rings. The SMILES string of the molecule is CCC(F)(CC)CO. The van der Waals surface area contributed by atoms with E-state index in [9.17, 15) is 4.39 Å². The third kappa shape index (κ3) is 1.78. The van der Waals surface area contributed by atoms with Gasteiger partial charge in [-0.1, -0.05) is 13.8 Å². The van der Waals surface area contributed by atoms with Crippen LogP contribution in [0.3, 0.4) is 0 Å². The maximum atomic E-state index is 12.7. The molecule has 0 aromatic heterocycles. The number of alkyl halides is 1. The summed E-state index contributed by atoms with van der Waals surface area (Å²) >= 11 is 0. The Hall–Kier alpha value is -0.110. The van der Waals surface area contributed by atoms with Gasteiger partial charge in [-0.25, -0.2) is 4.39 Å². The quantitative estimate of drug-likeness (QED) is 0.598. The summed E-state index contributed by atoms with van der Waals surface area (Å²) in [5, 5.41) is 8.41. The smallest absolute Gasteiger partial charge is 0.133 e. The topological polar surface area (TPSA) is 20.2 Å². The van der Waals surface area contributed by atoms with Gasteiger partial charge in [-0.2, -0.15) is 0 Å². The summed E-state index contributed by atoms with van der Waals surface area (Å²) in [6, 6.07) is 0. The van der Waals surface area contributed by atoms with Crippen molar-refractivity contribution in [1.29, 1.82) is 0 Å². The van der Waals surface area contributed by atoms with Crippen LogP contribution in [0.15, 0.2) is 0 Å². The predicted octanol–water partition coefficient (Wildman–Crippen LogP) is 1.51. The van der Waals surface area contributed by atoms with Gasteiger partial charge in [0.2, 0.25) is 0 Å². The van der Waals surface area contributed by atoms with Gasteiger partial charge in [-0.05, 0) is 12.8 Å². The van der Waals surface area contributed by atoms with Gasteiger partial charge in [-0.3, -0.25) is 0 Å². The monoisotopic (exact) mass is 120 g/mol. The average Bonchev–Trinajstić information content (AvgIpc) is 1.87. The second kappa shape index (κ2) is 3.02. The third-order valence-electron chi connectivity index (χ3n) is 1.55. The molecule has 0 aromatic rings. The molecule has 0 saturated carbocycles. The molecule has 0 saturated heterocycles. The zero-order valence-corrected chi connectivity index (χ0v) is 5.45. The highest BCUT2D eigenvalue weighted by atomic mass is 19.1. The van der Waals surface area contributed by atoms with Crippen LogP contribution in [-0.2, 0) is 0 Å². The zero-order valence-electron chi connectivity index (χ0n) is 5.45. The molecule has 0 aliphatic carbocycles. The van der Waals surface area contributed by atoms with Gasteiger partial charge in [0, 0.05) is 0 Å². The van der Waals surface area contributed by atoms with Gasteiger partial charge in [0.05, 0.1) is 6.61 Å². The van der Waals surface area contributed by atoms with Gasteiger partial charge >= 0.3 is 0 Å². The molecule has 0 aliphatic heterocycles. The standard InChI is InChI=1S/C6H13FO/c1-3-6(7,4-2)5-8/h8H,3-5H2,1-2H3. The van der Waals surface area contributed by atoms with E-state index in [1.165, 1.54) is 0 Å². The molecule has 0 aliphatic rings. The molecule has 0 spiro atoms. The molecule has 0 atom stereocenters. The first-order chi connectivity index (χ1) is 3.68. The van der Waals surface area contributed by atoms with E-state index in [-0.39, 0.29) is 6.61 Å². The van der Waals surface area contributed by atoms with E-state index >= 15 is 0 Å². The largest absolute Gasteiger partial charge is 0.393 e. The molecule has 50 valence electrons. The van der Waals surface area contributed by atoms with E-state index in [1.807, 2.05) is 0 Å². The number of hydrogen-bond donors (Lipinski definition) is 1. The summed E-state index contributed by atoms with van der Waals surface area (Å²) in [7, 11) is 0. The predicted molar refractivity (Wildman–Crippen MR) is 31.5 cm³/mol. The molecule has 0 rings (SSSR count). The first-order valence-electron chi connectivity index (χ1n) is 2.98. The maximum absolute atomic E-state index is 12.7. The minimum atomic E-state index is -1.32. The Morgan fingerprint density at radius 2 is 1.75 bits per heavy atom. The molecule has 0 heterocycles. The van der Waals surface area contributed by atoms with Crippen molar-refractivity contribution < 1.29 is 9.50 Å². The lowest BCUT2D eigenvalue weighted by atomic mass is 10.0. The van der Waals surface area contributed by atoms with Crippen LogP contribution >= 0.6 is 0 Å². The van der Waals surface area contributed by atoms with Crippen molar-refractivity contribution in [2.75, 3.05) is 6.61 Å². The lowest BCUT2D eigenvalue weighted by Crippen LogP contribution is -2.25. The van der Waals surface area contributed by atoms with E-state index in [2.05, 4.69) is 0 Å². The first kappa shape index (κ1) is 7.89. The molecule has 2 heteroatoms. The third-order valence-corrected chi connectivity index (χ3v) is 1.55. The molecule has 1 N–H and O–H groups in total. The molecule has 0 radical (unpaired) electrons. The Morgan fingerprint density at radius 3 is 1.75 bits per heavy atom. The lowest BCUT2D eigenvalue weighted by Gasteiger charge is -2.17. The molecule has 0 unspecified atom stereocenters. The maximum Gasteiger partial charge on any atom is 0.133 e. The highest BCUT2D eigenvalue weighted by Gasteiger charge is 2.22. The fraction of sp³-hybridized carbons (Fsp3) is 1.00. The number of hydrogen-bond acceptors (Lipinski definition) is 1. The fourth-order valence-corrected chi connectivity index (χ4v) is 0.474. The number of aliphatic hydroxyl groups is 1. The normalized spacial score (nSPS) is 12.0. The van der Waals surface area contributed by atoms with Gasteiger partial charge in [-0.15, -0.1) is 0 Å². The molecular formula is C6H13FO. The van der Waals surface area contributed by atoms with E-state index in [4.69, 9.17) is 5.11 Å². The summed E-state index contributed by atoms with van der Waals surface area (Å²) in [6.07, 6.45) is 0.806. The van der Waals surface area contributed by atoms with Crippen LogP contribution in [0.4, 0.5) is 4.39 Å². The Morgan fingerprint density at radius 1 is 1.38 bits per heavy atom. The molecule has 0 bridgehead atoms. The molecule has 1 nitrogen and oxygen atoms in total. The summed E-state index contributed by atoms with van der Waals surface area (Å²) in [4.78, 5) is 0. The highest BCUT2D eigenvalue weighted by molar-refractivity contribution is 4.73. The van der Waals surface area contributed by atoms with E-state index < -0.39 is 5.67 Å². The van der Waals surface area contributed by atoms with Crippen LogP contribution < -0.4 is 0 Å². The van der Waals surface area contributed by atoms with Gasteiger partial charge in [0.25, 0.3) is 0 Å². The van der Waals surface area contributed by atoms with Crippen molar-refractivity contribution in [2.24, 2.45) is 0 Å². The van der Waals surface area contributed by atoms with Crippen molar-refractivity contribution >= 4 is 0 Å². The van der Waals surface area contributed by atoms with Crippen molar-refractivity contribution in [3.8, 4) is 0 Å². The Labute approximate surface area is 49.5 Å². The van der Waals surface area contributed by atoms with Gasteiger partial charge in [0.1, 0.15) is 5.67 Å². The fourth-order valence-electron chi connectivity index (χ4n) is 0.474. The van der Waals surface area contributed by atoms with E-state index in [0.29, 0.717) is 12.8 Å². The van der Waals surface area contributed by atoms with Crippen molar-refractivity contribution in [3.05, 3.63) is 0 Å². The van der Waals surface area contributed by atoms with Crippen LogP contribution in [0.5, 0.6) is 0 Å². The Kier molecular flexibility index (Phi) is 2.98. The second-order valence-corrected chi connectivity index (χ2v) is 2.02. The van der Waals surface area contributed by atoms with Crippen LogP contribution in [0.25, 0.3) is 0 Å². The minimum absolute atomic E-state index is 0.347. The summed E-state index contributed by atoms with van der Waals surface area (Å²) in [6.45, 7) is 3.12. The van der Waals surface area contributed by atoms with Crippen molar-refractivity contribution in [2.45, 2.75) is 32.4 Å². The highest BCUT2D eigenvalue weighted by Crippen LogP contribution is 2.18. The van der Waals surface area contributed by atoms with Crippen LogP contribution in [0.1, 0.15) is 26.7 Å². The van der Waals surface area contributed by atoms with Crippen LogP contribution in [0.2, 0.25) is 0 Å². The molecule has 0 aromatic carbocycles.